The van der Waals surface area contributed by atoms with Crippen molar-refractivity contribution in [2.24, 2.45) is 0 Å². The van der Waals surface area contributed by atoms with Crippen molar-refractivity contribution in [2.75, 3.05) is 4.72 Å². The number of thiol groups is 1. The highest BCUT2D eigenvalue weighted by Gasteiger charge is 2.15. The lowest BCUT2D eigenvalue weighted by Gasteiger charge is -2.10. The summed E-state index contributed by atoms with van der Waals surface area (Å²) in [6, 6.07) is 18.0. The van der Waals surface area contributed by atoms with Crippen LogP contribution in [0.15, 0.2) is 73.1 Å². The molecule has 0 spiro atoms. The van der Waals surface area contributed by atoms with Gasteiger partial charge in [-0.15, -0.1) is 0 Å². The van der Waals surface area contributed by atoms with Crippen LogP contribution in [0.3, 0.4) is 0 Å². The standard InChI is InChI=1S/C20H17N3O3S/c1-2-15(14-8-4-3-5-9-14)20(24)26-19-12-18(21-13-22-19)25-17-11-7-6-10-16(17)23-27/h2-13,23,27H,1H3. The van der Waals surface area contributed by atoms with Crippen LogP contribution in [0.25, 0.3) is 5.57 Å². The molecule has 0 aliphatic rings. The van der Waals surface area contributed by atoms with Crippen LogP contribution in [0.4, 0.5) is 5.69 Å². The van der Waals surface area contributed by atoms with E-state index in [-0.39, 0.29) is 11.8 Å². The summed E-state index contributed by atoms with van der Waals surface area (Å²) in [5.41, 5.74) is 1.89. The number of carbonyl (C=O) groups excluding carboxylic acids is 1. The van der Waals surface area contributed by atoms with Crippen molar-refractivity contribution in [2.45, 2.75) is 6.92 Å². The van der Waals surface area contributed by atoms with Gasteiger partial charge >= 0.3 is 5.97 Å². The lowest BCUT2D eigenvalue weighted by Crippen LogP contribution is -2.11. The quantitative estimate of drug-likeness (QED) is 0.372. The molecule has 0 aliphatic carbocycles. The Morgan fingerprint density at radius 3 is 2.48 bits per heavy atom. The van der Waals surface area contributed by atoms with E-state index >= 15 is 0 Å². The first-order valence-electron chi connectivity index (χ1n) is 8.14. The molecule has 0 saturated heterocycles. The number of carbonyl (C=O) groups is 1. The van der Waals surface area contributed by atoms with Crippen LogP contribution in [-0.4, -0.2) is 15.9 Å². The molecule has 0 bridgehead atoms. The molecule has 1 N–H and O–H groups in total. The van der Waals surface area contributed by atoms with Crippen molar-refractivity contribution in [1.82, 2.24) is 9.97 Å². The molecule has 1 aromatic heterocycles. The largest absolute Gasteiger partial charge is 0.437 e. The molecule has 0 radical (unpaired) electrons. The van der Waals surface area contributed by atoms with Gasteiger partial charge in [-0.25, -0.2) is 14.8 Å². The lowest BCUT2D eigenvalue weighted by atomic mass is 10.1. The van der Waals surface area contributed by atoms with Gasteiger partial charge in [-0.2, -0.15) is 0 Å². The fourth-order valence-corrected chi connectivity index (χ4v) is 2.55. The van der Waals surface area contributed by atoms with Gasteiger partial charge in [-0.3, -0.25) is 0 Å². The van der Waals surface area contributed by atoms with E-state index in [0.29, 0.717) is 17.0 Å². The zero-order valence-corrected chi connectivity index (χ0v) is 15.4. The minimum atomic E-state index is -0.509. The molecule has 6 nitrogen and oxygen atoms in total. The highest BCUT2D eigenvalue weighted by molar-refractivity contribution is 7.81. The fraction of sp³-hybridized carbons (Fsp3) is 0.0500. The van der Waals surface area contributed by atoms with Gasteiger partial charge in [-0.1, -0.05) is 61.4 Å². The molecule has 0 amide bonds. The summed E-state index contributed by atoms with van der Waals surface area (Å²) < 4.78 is 13.8. The maximum absolute atomic E-state index is 12.5. The third-order valence-electron chi connectivity index (χ3n) is 3.63. The average molecular weight is 379 g/mol. The van der Waals surface area contributed by atoms with Crippen molar-refractivity contribution in [3.63, 3.8) is 0 Å². The van der Waals surface area contributed by atoms with E-state index in [2.05, 4.69) is 27.5 Å². The molecular formula is C20H17N3O3S. The summed E-state index contributed by atoms with van der Waals surface area (Å²) in [5.74, 6) is 0.356. The first-order chi connectivity index (χ1) is 13.2. The Hall–Kier alpha value is -3.32. The van der Waals surface area contributed by atoms with Gasteiger partial charge in [0, 0.05) is 0 Å². The summed E-state index contributed by atoms with van der Waals surface area (Å²) >= 11 is 4.04. The lowest BCUT2D eigenvalue weighted by molar-refractivity contribution is -0.128. The second-order valence-electron chi connectivity index (χ2n) is 5.36. The zero-order chi connectivity index (χ0) is 19.1. The molecule has 3 rings (SSSR count). The monoisotopic (exact) mass is 379 g/mol. The van der Waals surface area contributed by atoms with Crippen molar-refractivity contribution in [1.29, 1.82) is 0 Å². The predicted molar refractivity (Wildman–Crippen MR) is 107 cm³/mol. The summed E-state index contributed by atoms with van der Waals surface area (Å²) in [6.45, 7) is 1.78. The second kappa shape index (κ2) is 8.86. The molecular weight excluding hydrogens is 362 g/mol. The number of anilines is 1. The van der Waals surface area contributed by atoms with Crippen LogP contribution in [0, 0.1) is 0 Å². The number of nitrogens with one attached hydrogen (secondary N) is 1. The third kappa shape index (κ3) is 4.65. The summed E-state index contributed by atoms with van der Waals surface area (Å²) in [5, 5.41) is 0. The number of hydrogen-bond donors (Lipinski definition) is 2. The van der Waals surface area contributed by atoms with Crippen LogP contribution in [0.2, 0.25) is 0 Å². The molecule has 1 heterocycles. The van der Waals surface area contributed by atoms with E-state index < -0.39 is 5.97 Å². The molecule has 27 heavy (non-hydrogen) atoms. The number of hydrogen-bond acceptors (Lipinski definition) is 7. The van der Waals surface area contributed by atoms with Crippen LogP contribution in [0.5, 0.6) is 17.5 Å². The van der Waals surface area contributed by atoms with Gasteiger partial charge < -0.3 is 14.2 Å². The van der Waals surface area contributed by atoms with Crippen LogP contribution in [-0.2, 0) is 4.79 Å². The smallest absolute Gasteiger partial charge is 0.345 e. The van der Waals surface area contributed by atoms with Crippen LogP contribution < -0.4 is 14.2 Å². The number of para-hydroxylation sites is 2. The Balaban J connectivity index is 1.77. The van der Waals surface area contributed by atoms with Gasteiger partial charge in [0.05, 0.1) is 17.3 Å². The minimum absolute atomic E-state index is 0.0941. The Bertz CT molecular complexity index is 961. The molecule has 7 heteroatoms. The SMILES string of the molecule is CC=C(C(=O)Oc1cc(Oc2ccccc2NS)ncn1)c1ccccc1. The fourth-order valence-electron chi connectivity index (χ4n) is 2.37. The van der Waals surface area contributed by atoms with Gasteiger partial charge in [-0.05, 0) is 24.6 Å². The maximum atomic E-state index is 12.5. The first-order valence-corrected chi connectivity index (χ1v) is 8.59. The first kappa shape index (κ1) is 18.5. The number of allylic oxidation sites excluding steroid dienone is 1. The summed E-state index contributed by atoms with van der Waals surface area (Å²) in [4.78, 5) is 20.5. The Labute approximate surface area is 162 Å². The van der Waals surface area contributed by atoms with E-state index in [4.69, 9.17) is 9.47 Å². The minimum Gasteiger partial charge on any atom is -0.437 e. The summed E-state index contributed by atoms with van der Waals surface area (Å²) in [6.07, 6.45) is 2.97. The Kier molecular flexibility index (Phi) is 6.06. The van der Waals surface area contributed by atoms with E-state index in [9.17, 15) is 4.79 Å². The second-order valence-corrected chi connectivity index (χ2v) is 5.59. The number of rotatable bonds is 6. The topological polar surface area (TPSA) is 73.3 Å². The van der Waals surface area contributed by atoms with Gasteiger partial charge in [0.2, 0.25) is 11.8 Å². The zero-order valence-electron chi connectivity index (χ0n) is 14.5. The summed E-state index contributed by atoms with van der Waals surface area (Å²) in [7, 11) is 0. The predicted octanol–water partition coefficient (Wildman–Crippen LogP) is 4.53. The van der Waals surface area contributed by atoms with Crippen LogP contribution in [0.1, 0.15) is 12.5 Å². The Morgan fingerprint density at radius 1 is 1.04 bits per heavy atom. The number of nitrogens with zero attached hydrogens (tertiary/aromatic N) is 2. The Morgan fingerprint density at radius 2 is 1.74 bits per heavy atom. The number of benzene rings is 2. The molecule has 3 aromatic rings. The van der Waals surface area contributed by atoms with Crippen molar-refractivity contribution in [3.05, 3.63) is 78.6 Å². The molecule has 0 fully saturated rings. The number of aromatic nitrogens is 2. The molecule has 2 aromatic carbocycles. The van der Waals surface area contributed by atoms with Gasteiger partial charge in [0.25, 0.3) is 0 Å². The maximum Gasteiger partial charge on any atom is 0.345 e. The van der Waals surface area contributed by atoms with E-state index in [1.54, 1.807) is 19.1 Å². The molecule has 0 unspecified atom stereocenters. The highest BCUT2D eigenvalue weighted by atomic mass is 32.1. The van der Waals surface area contributed by atoms with Crippen molar-refractivity contribution >= 4 is 30.0 Å². The molecule has 0 atom stereocenters. The molecule has 136 valence electrons. The average Bonchev–Trinajstić information content (AvgIpc) is 2.70. The third-order valence-corrected chi connectivity index (χ3v) is 3.87. The van der Waals surface area contributed by atoms with Crippen molar-refractivity contribution in [3.8, 4) is 17.5 Å². The van der Waals surface area contributed by atoms with E-state index in [0.717, 1.165) is 5.56 Å². The number of ether oxygens (including phenoxy) is 2. The van der Waals surface area contributed by atoms with E-state index in [1.165, 1.54) is 12.4 Å². The van der Waals surface area contributed by atoms with Crippen molar-refractivity contribution < 1.29 is 14.3 Å². The number of esters is 1. The van der Waals surface area contributed by atoms with E-state index in [1.807, 2.05) is 48.5 Å². The van der Waals surface area contributed by atoms with Gasteiger partial charge in [0.1, 0.15) is 6.33 Å². The van der Waals surface area contributed by atoms with Crippen LogP contribution >= 0.6 is 12.8 Å². The normalized spacial score (nSPS) is 11.0. The molecule has 0 saturated carbocycles. The highest BCUT2D eigenvalue weighted by Crippen LogP contribution is 2.29. The van der Waals surface area contributed by atoms with Gasteiger partial charge in [0.15, 0.2) is 5.75 Å². The molecule has 0 aliphatic heterocycles.